The average molecular weight is 323 g/mol. The number of carboxylic acid groups (broad SMARTS) is 1. The largest absolute Gasteiger partial charge is 0.481 e. The van der Waals surface area contributed by atoms with Gasteiger partial charge in [-0.1, -0.05) is 48.9 Å². The van der Waals surface area contributed by atoms with Gasteiger partial charge in [-0.15, -0.1) is 0 Å². The number of amides is 1. The number of benzene rings is 2. The third-order valence-electron chi connectivity index (χ3n) is 4.78. The van der Waals surface area contributed by atoms with Crippen LogP contribution in [0.4, 0.5) is 5.69 Å². The molecule has 3 rings (SSSR count). The fourth-order valence-electron chi connectivity index (χ4n) is 3.24. The molecule has 4 heteroatoms. The zero-order valence-electron chi connectivity index (χ0n) is 13.5. The first-order chi connectivity index (χ1) is 11.6. The van der Waals surface area contributed by atoms with Crippen LogP contribution in [0.2, 0.25) is 0 Å². The summed E-state index contributed by atoms with van der Waals surface area (Å²) in [5, 5.41) is 11.8. The van der Waals surface area contributed by atoms with Crippen molar-refractivity contribution >= 4 is 17.6 Å². The highest BCUT2D eigenvalue weighted by Gasteiger charge is 2.45. The number of carbonyl (C=O) groups excluding carboxylic acids is 1. The lowest BCUT2D eigenvalue weighted by Crippen LogP contribution is -2.45. The van der Waals surface area contributed by atoms with Crippen LogP contribution in [0.5, 0.6) is 0 Å². The molecule has 0 unspecified atom stereocenters. The minimum absolute atomic E-state index is 0.0235. The van der Waals surface area contributed by atoms with Gasteiger partial charge >= 0.3 is 5.97 Å². The Hall–Kier alpha value is -2.62. The van der Waals surface area contributed by atoms with Crippen LogP contribution >= 0.6 is 0 Å². The summed E-state index contributed by atoms with van der Waals surface area (Å²) >= 11 is 0. The van der Waals surface area contributed by atoms with Crippen molar-refractivity contribution in [3.63, 3.8) is 0 Å². The van der Waals surface area contributed by atoms with E-state index in [-0.39, 0.29) is 12.3 Å². The van der Waals surface area contributed by atoms with Crippen molar-refractivity contribution < 1.29 is 14.7 Å². The molecule has 2 aromatic rings. The molecular weight excluding hydrogens is 302 g/mol. The summed E-state index contributed by atoms with van der Waals surface area (Å²) in [6.07, 6.45) is 3.33. The van der Waals surface area contributed by atoms with Crippen molar-refractivity contribution in [3.05, 3.63) is 65.7 Å². The molecule has 0 saturated heterocycles. The molecule has 1 aliphatic rings. The fourth-order valence-corrected chi connectivity index (χ4v) is 3.24. The normalized spacial score (nSPS) is 15.3. The molecule has 0 heterocycles. The summed E-state index contributed by atoms with van der Waals surface area (Å²) in [4.78, 5) is 23.6. The Morgan fingerprint density at radius 3 is 2.42 bits per heavy atom. The third kappa shape index (κ3) is 3.32. The number of rotatable bonds is 6. The second-order valence-electron chi connectivity index (χ2n) is 6.35. The standard InChI is InChI=1S/C20H21NO3/c22-18(23)11-10-15-6-4-9-17(14-15)21-19(24)20(12-5-13-20)16-7-2-1-3-8-16/h1-4,6-9,14H,5,10-13H2,(H,21,24)(H,22,23). The Morgan fingerprint density at radius 1 is 1.04 bits per heavy atom. The predicted octanol–water partition coefficient (Wildman–Crippen LogP) is 3.76. The molecule has 2 N–H and O–H groups in total. The second-order valence-corrected chi connectivity index (χ2v) is 6.35. The van der Waals surface area contributed by atoms with Crippen molar-refractivity contribution in [3.8, 4) is 0 Å². The van der Waals surface area contributed by atoms with Crippen LogP contribution in [0.1, 0.15) is 36.8 Å². The molecule has 0 aromatic heterocycles. The van der Waals surface area contributed by atoms with Crippen molar-refractivity contribution in [2.45, 2.75) is 37.5 Å². The van der Waals surface area contributed by atoms with E-state index < -0.39 is 11.4 Å². The maximum absolute atomic E-state index is 12.9. The molecule has 0 radical (unpaired) electrons. The van der Waals surface area contributed by atoms with Crippen molar-refractivity contribution in [1.29, 1.82) is 0 Å². The van der Waals surface area contributed by atoms with Crippen LogP contribution in [-0.4, -0.2) is 17.0 Å². The molecule has 124 valence electrons. The number of hydrogen-bond acceptors (Lipinski definition) is 2. The number of aryl methyl sites for hydroxylation is 1. The molecule has 4 nitrogen and oxygen atoms in total. The van der Waals surface area contributed by atoms with Crippen molar-refractivity contribution in [2.24, 2.45) is 0 Å². The summed E-state index contributed by atoms with van der Waals surface area (Å²) in [5.41, 5.74) is 2.27. The van der Waals surface area contributed by atoms with Gasteiger partial charge in [0.15, 0.2) is 0 Å². The Morgan fingerprint density at radius 2 is 1.79 bits per heavy atom. The number of carbonyl (C=O) groups is 2. The van der Waals surface area contributed by atoms with Gasteiger partial charge in [-0.05, 0) is 42.5 Å². The minimum atomic E-state index is -0.818. The lowest BCUT2D eigenvalue weighted by molar-refractivity contribution is -0.137. The summed E-state index contributed by atoms with van der Waals surface area (Å²) in [6.45, 7) is 0. The first kappa shape index (κ1) is 16.2. The number of nitrogens with one attached hydrogen (secondary N) is 1. The SMILES string of the molecule is O=C(O)CCc1cccc(NC(=O)C2(c3ccccc3)CCC2)c1. The highest BCUT2D eigenvalue weighted by molar-refractivity contribution is 6.00. The Bertz CT molecular complexity index is 736. The van der Waals surface area contributed by atoms with E-state index in [1.807, 2.05) is 54.6 Å². The highest BCUT2D eigenvalue weighted by Crippen LogP contribution is 2.44. The number of hydrogen-bond donors (Lipinski definition) is 2. The minimum Gasteiger partial charge on any atom is -0.481 e. The van der Waals surface area contributed by atoms with E-state index in [1.54, 1.807) is 0 Å². The third-order valence-corrected chi connectivity index (χ3v) is 4.78. The van der Waals surface area contributed by atoms with E-state index >= 15 is 0 Å². The molecule has 24 heavy (non-hydrogen) atoms. The Labute approximate surface area is 141 Å². The van der Waals surface area contributed by atoms with Gasteiger partial charge in [-0.2, -0.15) is 0 Å². The summed E-state index contributed by atoms with van der Waals surface area (Å²) in [7, 11) is 0. The highest BCUT2D eigenvalue weighted by atomic mass is 16.4. The molecule has 1 fully saturated rings. The lowest BCUT2D eigenvalue weighted by atomic mass is 9.64. The second kappa shape index (κ2) is 6.87. The smallest absolute Gasteiger partial charge is 0.303 e. The van der Waals surface area contributed by atoms with Gasteiger partial charge in [-0.3, -0.25) is 9.59 Å². The van der Waals surface area contributed by atoms with E-state index in [0.717, 1.165) is 36.1 Å². The van der Waals surface area contributed by atoms with Crippen molar-refractivity contribution in [2.75, 3.05) is 5.32 Å². The summed E-state index contributed by atoms with van der Waals surface area (Å²) in [6, 6.07) is 17.4. The number of carboxylic acids is 1. The number of anilines is 1. The molecule has 0 bridgehead atoms. The monoisotopic (exact) mass is 323 g/mol. The van der Waals surface area contributed by atoms with E-state index in [4.69, 9.17) is 5.11 Å². The molecule has 0 atom stereocenters. The van der Waals surface area contributed by atoms with Crippen LogP contribution in [0.25, 0.3) is 0 Å². The van der Waals surface area contributed by atoms with Gasteiger partial charge in [0, 0.05) is 12.1 Å². The molecule has 1 aliphatic carbocycles. The topological polar surface area (TPSA) is 66.4 Å². The van der Waals surface area contributed by atoms with Gasteiger partial charge in [0.25, 0.3) is 0 Å². The van der Waals surface area contributed by atoms with Gasteiger partial charge in [0.1, 0.15) is 0 Å². The van der Waals surface area contributed by atoms with E-state index in [2.05, 4.69) is 5.32 Å². The van der Waals surface area contributed by atoms with E-state index in [9.17, 15) is 9.59 Å². The van der Waals surface area contributed by atoms with Crippen LogP contribution in [0, 0.1) is 0 Å². The van der Waals surface area contributed by atoms with Crippen LogP contribution < -0.4 is 5.32 Å². The van der Waals surface area contributed by atoms with E-state index in [1.165, 1.54) is 0 Å². The maximum Gasteiger partial charge on any atom is 0.303 e. The molecule has 1 amide bonds. The van der Waals surface area contributed by atoms with Gasteiger partial charge in [-0.25, -0.2) is 0 Å². The molecule has 0 spiro atoms. The molecule has 2 aromatic carbocycles. The first-order valence-corrected chi connectivity index (χ1v) is 8.28. The summed E-state index contributed by atoms with van der Waals surface area (Å²) in [5.74, 6) is -0.794. The van der Waals surface area contributed by atoms with Crippen LogP contribution in [-0.2, 0) is 21.4 Å². The van der Waals surface area contributed by atoms with Crippen LogP contribution in [0.3, 0.4) is 0 Å². The Kier molecular flexibility index (Phi) is 4.65. The first-order valence-electron chi connectivity index (χ1n) is 8.28. The molecule has 1 saturated carbocycles. The lowest BCUT2D eigenvalue weighted by Gasteiger charge is -2.40. The van der Waals surface area contributed by atoms with Gasteiger partial charge < -0.3 is 10.4 Å². The fraction of sp³-hybridized carbons (Fsp3) is 0.300. The Balaban J connectivity index is 1.74. The van der Waals surface area contributed by atoms with Crippen molar-refractivity contribution in [1.82, 2.24) is 0 Å². The zero-order chi connectivity index (χ0) is 17.0. The van der Waals surface area contributed by atoms with Crippen LogP contribution in [0.15, 0.2) is 54.6 Å². The quantitative estimate of drug-likeness (QED) is 0.850. The predicted molar refractivity (Wildman–Crippen MR) is 93.0 cm³/mol. The van der Waals surface area contributed by atoms with Gasteiger partial charge in [0.05, 0.1) is 5.41 Å². The number of aliphatic carboxylic acids is 1. The molecule has 0 aliphatic heterocycles. The zero-order valence-corrected chi connectivity index (χ0v) is 13.5. The summed E-state index contributed by atoms with van der Waals surface area (Å²) < 4.78 is 0. The van der Waals surface area contributed by atoms with Gasteiger partial charge in [0.2, 0.25) is 5.91 Å². The average Bonchev–Trinajstić information content (AvgIpc) is 2.53. The molecular formula is C20H21NO3. The van der Waals surface area contributed by atoms with E-state index in [0.29, 0.717) is 6.42 Å². The maximum atomic E-state index is 12.9.